The maximum Gasteiger partial charge on any atom is 0.226 e. The first-order chi connectivity index (χ1) is 10.5. The van der Waals surface area contributed by atoms with Gasteiger partial charge in [0.2, 0.25) is 5.89 Å². The van der Waals surface area contributed by atoms with Crippen molar-refractivity contribution in [2.24, 2.45) is 0 Å². The van der Waals surface area contributed by atoms with Crippen molar-refractivity contribution >= 4 is 10.8 Å². The average Bonchev–Trinajstić information content (AvgIpc) is 2.84. The molecule has 1 saturated heterocycles. The first kappa shape index (κ1) is 15.4. The molecule has 1 aromatic carbocycles. The molecular weight excluding hydrogens is 296 g/mol. The average molecular weight is 318 g/mol. The molecule has 118 valence electrons. The van der Waals surface area contributed by atoms with Crippen molar-refractivity contribution < 1.29 is 8.63 Å². The number of rotatable bonds is 3. The van der Waals surface area contributed by atoms with Crippen LogP contribution in [0, 0.1) is 6.92 Å². The summed E-state index contributed by atoms with van der Waals surface area (Å²) in [7, 11) is -0.704. The Bertz CT molecular complexity index is 679. The molecule has 1 aromatic heterocycles. The maximum absolute atomic E-state index is 11.8. The second-order valence-corrected chi connectivity index (χ2v) is 7.99. The molecule has 0 radical (unpaired) electrons. The predicted octanol–water partition coefficient (Wildman–Crippen LogP) is 2.99. The van der Waals surface area contributed by atoms with E-state index in [4.69, 9.17) is 4.42 Å². The summed E-state index contributed by atoms with van der Waals surface area (Å²) in [6.07, 6.45) is 0. The van der Waals surface area contributed by atoms with Gasteiger partial charge in [0.15, 0.2) is 0 Å². The highest BCUT2D eigenvalue weighted by Gasteiger charge is 2.34. The molecule has 1 atom stereocenters. The zero-order valence-corrected chi connectivity index (χ0v) is 14.2. The molecule has 4 nitrogen and oxygen atoms in total. The molecule has 1 fully saturated rings. The number of benzene rings is 1. The largest absolute Gasteiger partial charge is 0.441 e. The maximum atomic E-state index is 11.8. The lowest BCUT2D eigenvalue weighted by Gasteiger charge is -2.41. The van der Waals surface area contributed by atoms with Crippen LogP contribution in [0.25, 0.3) is 11.5 Å². The van der Waals surface area contributed by atoms with Gasteiger partial charge in [-0.2, -0.15) is 0 Å². The lowest BCUT2D eigenvalue weighted by Crippen LogP contribution is -2.53. The third kappa shape index (κ3) is 3.15. The summed E-state index contributed by atoms with van der Waals surface area (Å²) < 4.78 is 17.6. The minimum atomic E-state index is -0.704. The molecule has 0 N–H and O–H groups in total. The van der Waals surface area contributed by atoms with Gasteiger partial charge in [-0.15, -0.1) is 0 Å². The molecule has 1 aliphatic rings. The SMILES string of the molecule is Cc1oc(-c2ccccc2)nc1CN1CC[S@](=O)CC1(C)C. The van der Waals surface area contributed by atoms with E-state index in [-0.39, 0.29) is 5.54 Å². The van der Waals surface area contributed by atoms with Crippen molar-refractivity contribution in [1.82, 2.24) is 9.88 Å². The van der Waals surface area contributed by atoms with E-state index in [2.05, 4.69) is 23.7 Å². The fourth-order valence-electron chi connectivity index (χ4n) is 2.82. The van der Waals surface area contributed by atoms with Crippen LogP contribution in [0.3, 0.4) is 0 Å². The minimum absolute atomic E-state index is 0.0680. The highest BCUT2D eigenvalue weighted by molar-refractivity contribution is 7.85. The lowest BCUT2D eigenvalue weighted by atomic mass is 10.1. The van der Waals surface area contributed by atoms with Gasteiger partial charge in [-0.1, -0.05) is 18.2 Å². The first-order valence-corrected chi connectivity index (χ1v) is 9.06. The van der Waals surface area contributed by atoms with Crippen molar-refractivity contribution in [3.8, 4) is 11.5 Å². The summed E-state index contributed by atoms with van der Waals surface area (Å²) in [4.78, 5) is 7.03. The second-order valence-electron chi connectivity index (χ2n) is 6.41. The number of aromatic nitrogens is 1. The molecule has 0 spiro atoms. The van der Waals surface area contributed by atoms with Crippen LogP contribution in [0.4, 0.5) is 0 Å². The highest BCUT2D eigenvalue weighted by Crippen LogP contribution is 2.26. The Hall–Kier alpha value is -1.46. The Balaban J connectivity index is 1.81. The monoisotopic (exact) mass is 318 g/mol. The van der Waals surface area contributed by atoms with Gasteiger partial charge in [-0.05, 0) is 32.9 Å². The number of hydrogen-bond acceptors (Lipinski definition) is 4. The Morgan fingerprint density at radius 2 is 2.05 bits per heavy atom. The number of aryl methyl sites for hydroxylation is 1. The van der Waals surface area contributed by atoms with Crippen LogP contribution in [-0.2, 0) is 17.3 Å². The van der Waals surface area contributed by atoms with Crippen LogP contribution < -0.4 is 0 Å². The standard InChI is InChI=1S/C17H22N2O2S/c1-13-15(11-19-9-10-22(20)12-17(19,2)3)18-16(21-13)14-7-5-4-6-8-14/h4-8H,9-12H2,1-3H3/t22-/m0/s1. The van der Waals surface area contributed by atoms with Crippen LogP contribution in [0.5, 0.6) is 0 Å². The van der Waals surface area contributed by atoms with Crippen LogP contribution in [0.15, 0.2) is 34.7 Å². The zero-order valence-electron chi connectivity index (χ0n) is 13.3. The molecule has 5 heteroatoms. The van der Waals surface area contributed by atoms with Gasteiger partial charge in [0.05, 0.1) is 5.69 Å². The molecule has 1 aliphatic heterocycles. The van der Waals surface area contributed by atoms with Crippen molar-refractivity contribution in [3.63, 3.8) is 0 Å². The fraction of sp³-hybridized carbons (Fsp3) is 0.471. The third-order valence-corrected chi connectivity index (χ3v) is 5.88. The topological polar surface area (TPSA) is 46.3 Å². The first-order valence-electron chi connectivity index (χ1n) is 7.57. The second kappa shape index (κ2) is 5.97. The molecule has 3 rings (SSSR count). The third-order valence-electron chi connectivity index (χ3n) is 4.21. The summed E-state index contributed by atoms with van der Waals surface area (Å²) >= 11 is 0. The highest BCUT2D eigenvalue weighted by atomic mass is 32.2. The molecule has 0 aliphatic carbocycles. The molecule has 0 bridgehead atoms. The van der Waals surface area contributed by atoms with E-state index < -0.39 is 10.8 Å². The molecule has 2 heterocycles. The Morgan fingerprint density at radius 1 is 1.32 bits per heavy atom. The molecule has 0 saturated carbocycles. The predicted molar refractivity (Wildman–Crippen MR) is 89.0 cm³/mol. The van der Waals surface area contributed by atoms with E-state index in [1.54, 1.807) is 0 Å². The van der Waals surface area contributed by atoms with E-state index >= 15 is 0 Å². The Kier molecular flexibility index (Phi) is 4.19. The van der Waals surface area contributed by atoms with Crippen molar-refractivity contribution in [2.75, 3.05) is 18.1 Å². The van der Waals surface area contributed by atoms with Crippen molar-refractivity contribution in [3.05, 3.63) is 41.8 Å². The van der Waals surface area contributed by atoms with Crippen LogP contribution in [0.1, 0.15) is 25.3 Å². The Morgan fingerprint density at radius 3 is 2.73 bits per heavy atom. The Labute approximate surface area is 134 Å². The normalized spacial score (nSPS) is 21.9. The molecule has 0 amide bonds. The molecule has 0 unspecified atom stereocenters. The zero-order chi connectivity index (χ0) is 15.7. The van der Waals surface area contributed by atoms with Gasteiger partial charge >= 0.3 is 0 Å². The molecule has 22 heavy (non-hydrogen) atoms. The lowest BCUT2D eigenvalue weighted by molar-refractivity contribution is 0.131. The summed E-state index contributed by atoms with van der Waals surface area (Å²) in [5, 5.41) is 0. The number of hydrogen-bond donors (Lipinski definition) is 0. The van der Waals surface area contributed by atoms with Gasteiger partial charge < -0.3 is 4.42 Å². The van der Waals surface area contributed by atoms with E-state index in [0.29, 0.717) is 5.89 Å². The van der Waals surface area contributed by atoms with Gasteiger partial charge in [-0.25, -0.2) is 4.98 Å². The fourth-order valence-corrected chi connectivity index (χ4v) is 4.36. The van der Waals surface area contributed by atoms with Crippen molar-refractivity contribution in [2.45, 2.75) is 32.9 Å². The van der Waals surface area contributed by atoms with E-state index in [1.165, 1.54) is 0 Å². The minimum Gasteiger partial charge on any atom is -0.441 e. The van der Waals surface area contributed by atoms with Crippen LogP contribution >= 0.6 is 0 Å². The summed E-state index contributed by atoms with van der Waals surface area (Å²) in [6, 6.07) is 9.96. The number of oxazole rings is 1. The van der Waals surface area contributed by atoms with Crippen molar-refractivity contribution in [1.29, 1.82) is 0 Å². The quantitative estimate of drug-likeness (QED) is 0.873. The summed E-state index contributed by atoms with van der Waals surface area (Å²) in [5.41, 5.74) is 1.90. The molecular formula is C17H22N2O2S. The van der Waals surface area contributed by atoms with Crippen LogP contribution in [0.2, 0.25) is 0 Å². The van der Waals surface area contributed by atoms with Gasteiger partial charge in [0.1, 0.15) is 5.76 Å². The van der Waals surface area contributed by atoms with Gasteiger partial charge in [0, 0.05) is 46.5 Å². The smallest absolute Gasteiger partial charge is 0.226 e. The van der Waals surface area contributed by atoms with E-state index in [1.807, 2.05) is 37.3 Å². The summed E-state index contributed by atoms with van der Waals surface area (Å²) in [6.45, 7) is 7.85. The summed E-state index contributed by atoms with van der Waals surface area (Å²) in [5.74, 6) is 2.99. The number of nitrogens with zero attached hydrogens (tertiary/aromatic N) is 2. The van der Waals surface area contributed by atoms with Gasteiger partial charge in [0.25, 0.3) is 0 Å². The van der Waals surface area contributed by atoms with Gasteiger partial charge in [-0.3, -0.25) is 9.11 Å². The van der Waals surface area contributed by atoms with E-state index in [9.17, 15) is 4.21 Å². The van der Waals surface area contributed by atoms with E-state index in [0.717, 1.165) is 41.6 Å². The van der Waals surface area contributed by atoms with Crippen LogP contribution in [-0.4, -0.2) is 37.7 Å². The molecule has 2 aromatic rings.